The summed E-state index contributed by atoms with van der Waals surface area (Å²) >= 11 is 1.47. The first kappa shape index (κ1) is 31.9. The number of ether oxygens (including phenoxy) is 2. The molecule has 4 heterocycles. The molecule has 0 saturated carbocycles. The summed E-state index contributed by atoms with van der Waals surface area (Å²) in [7, 11) is 0. The van der Waals surface area contributed by atoms with Gasteiger partial charge in [0.15, 0.2) is 5.60 Å². The Bertz CT molecular complexity index is 1660. The third-order valence-electron chi connectivity index (χ3n) is 6.97. The smallest absolute Gasteiger partial charge is 0.408 e. The Hall–Kier alpha value is -4.46. The second-order valence-corrected chi connectivity index (χ2v) is 12.9. The maximum Gasteiger partial charge on any atom is 0.408 e. The number of nitrogens with zero attached hydrogens (tertiary/aromatic N) is 5. The largest absolute Gasteiger partial charge is 0.433 e. The van der Waals surface area contributed by atoms with Crippen LogP contribution in [0.15, 0.2) is 52.3 Å². The van der Waals surface area contributed by atoms with Gasteiger partial charge >= 0.3 is 12.7 Å². The van der Waals surface area contributed by atoms with Gasteiger partial charge in [0.1, 0.15) is 10.7 Å². The van der Waals surface area contributed by atoms with Gasteiger partial charge in [-0.3, -0.25) is 4.79 Å². The summed E-state index contributed by atoms with van der Waals surface area (Å²) in [5.41, 5.74) is -0.306. The molecule has 0 radical (unpaired) electrons. The number of halogens is 2. The highest BCUT2D eigenvalue weighted by atomic mass is 32.1. The van der Waals surface area contributed by atoms with Crippen LogP contribution in [0.5, 0.6) is 5.88 Å². The maximum absolute atomic E-state index is 13.8. The van der Waals surface area contributed by atoms with Crippen molar-refractivity contribution in [2.24, 2.45) is 0 Å². The highest BCUT2D eigenvalue weighted by molar-refractivity contribution is 7.09. The van der Waals surface area contributed by atoms with Crippen molar-refractivity contribution in [2.75, 3.05) is 6.54 Å². The van der Waals surface area contributed by atoms with E-state index >= 15 is 0 Å². The van der Waals surface area contributed by atoms with Gasteiger partial charge in [0, 0.05) is 41.2 Å². The third kappa shape index (κ3) is 7.80. The van der Waals surface area contributed by atoms with Crippen LogP contribution in [0.25, 0.3) is 11.6 Å². The van der Waals surface area contributed by atoms with Crippen molar-refractivity contribution in [3.8, 4) is 17.5 Å². The van der Waals surface area contributed by atoms with E-state index in [2.05, 4.69) is 30.2 Å². The number of alkyl carbamates (subject to hydrolysis) is 1. The number of aryl methyl sites for hydroxylation is 1. The number of nitrogens with one attached hydrogen (secondary N) is 1. The second-order valence-electron chi connectivity index (χ2n) is 12.0. The van der Waals surface area contributed by atoms with Gasteiger partial charge in [-0.25, -0.2) is 14.8 Å². The molecule has 14 heteroatoms. The number of likely N-dealkylation sites (tertiary alicyclic amines) is 1. The first-order valence-corrected chi connectivity index (χ1v) is 15.3. The number of amides is 2. The number of pyridine rings is 1. The average molecular weight is 641 g/mol. The number of rotatable bonds is 9. The van der Waals surface area contributed by atoms with Gasteiger partial charge in [0.25, 0.3) is 17.7 Å². The average Bonchev–Trinajstić information content (AvgIpc) is 3.72. The number of thiazole rings is 1. The first-order valence-electron chi connectivity index (χ1n) is 14.4. The van der Waals surface area contributed by atoms with Gasteiger partial charge in [-0.1, -0.05) is 30.3 Å². The van der Waals surface area contributed by atoms with Crippen LogP contribution in [0.3, 0.4) is 0 Å². The second kappa shape index (κ2) is 12.9. The lowest BCUT2D eigenvalue weighted by molar-refractivity contribution is -0.0528. The molecular weight excluding hydrogens is 606 g/mol. The molecule has 0 spiro atoms. The van der Waals surface area contributed by atoms with E-state index in [1.54, 1.807) is 11.8 Å². The van der Waals surface area contributed by atoms with Crippen LogP contribution >= 0.6 is 11.3 Å². The Kier molecular flexibility index (Phi) is 9.14. The summed E-state index contributed by atoms with van der Waals surface area (Å²) < 4.78 is 43.1. The summed E-state index contributed by atoms with van der Waals surface area (Å²) in [6, 6.07) is 11.6. The zero-order chi connectivity index (χ0) is 32.4. The van der Waals surface area contributed by atoms with Crippen molar-refractivity contribution in [2.45, 2.75) is 77.7 Å². The van der Waals surface area contributed by atoms with Crippen molar-refractivity contribution >= 4 is 23.3 Å². The van der Waals surface area contributed by atoms with E-state index in [9.17, 15) is 18.4 Å². The molecule has 0 bridgehead atoms. The minimum Gasteiger partial charge on any atom is -0.433 e. The molecule has 0 unspecified atom stereocenters. The van der Waals surface area contributed by atoms with E-state index in [0.717, 1.165) is 35.2 Å². The van der Waals surface area contributed by atoms with E-state index in [0.29, 0.717) is 6.54 Å². The van der Waals surface area contributed by atoms with Crippen LogP contribution < -0.4 is 10.1 Å². The number of hydrogen-bond acceptors (Lipinski definition) is 10. The molecule has 1 fully saturated rings. The fourth-order valence-corrected chi connectivity index (χ4v) is 6.01. The number of aromatic nitrogens is 4. The molecule has 3 aromatic heterocycles. The SMILES string of the molecule is Cc1csc([C@H]2CCCN2C(=O)c2cc(OC(F)F)nc(-c3nnc([C@@](C)(Cc4ccccc4)OC(=O)NC(C)(C)C)o3)c2)n1. The van der Waals surface area contributed by atoms with Crippen LogP contribution in [0, 0.1) is 6.92 Å². The standard InChI is InChI=1S/C31H34F2N6O5S/c1-18-17-45-25(34-18)22-12-9-13-39(22)26(40)20-14-21(35-23(15-20)42-28(32)33)24-37-38-27(43-24)31(5,16-19-10-7-6-8-11-19)44-29(41)36-30(2,3)4/h6-8,10-11,14-15,17,22,28H,9,12-13,16H2,1-5H3,(H,36,41)/t22-,31-/m1/s1. The van der Waals surface area contributed by atoms with Crippen molar-refractivity contribution in [1.82, 2.24) is 30.4 Å². The minimum atomic E-state index is -3.18. The van der Waals surface area contributed by atoms with Gasteiger partial charge < -0.3 is 24.1 Å². The Balaban J connectivity index is 1.49. The minimum absolute atomic E-state index is 0.0565. The summed E-state index contributed by atoms with van der Waals surface area (Å²) in [6.45, 7) is 6.25. The lowest BCUT2D eigenvalue weighted by Crippen LogP contribution is -2.45. The molecule has 45 heavy (non-hydrogen) atoms. The summed E-state index contributed by atoms with van der Waals surface area (Å²) in [5, 5.41) is 13.7. The van der Waals surface area contributed by atoms with E-state index in [-0.39, 0.29) is 35.5 Å². The van der Waals surface area contributed by atoms with Crippen molar-refractivity contribution in [1.29, 1.82) is 0 Å². The Morgan fingerprint density at radius 2 is 1.89 bits per heavy atom. The summed E-state index contributed by atoms with van der Waals surface area (Å²) in [6.07, 6.45) is 0.982. The Morgan fingerprint density at radius 3 is 2.56 bits per heavy atom. The number of benzene rings is 1. The monoisotopic (exact) mass is 640 g/mol. The van der Waals surface area contributed by atoms with Crippen LogP contribution in [0.1, 0.15) is 79.1 Å². The molecule has 2 atom stereocenters. The fourth-order valence-electron chi connectivity index (χ4n) is 5.06. The van der Waals surface area contributed by atoms with Crippen LogP contribution in [0.2, 0.25) is 0 Å². The highest BCUT2D eigenvalue weighted by Crippen LogP contribution is 2.36. The molecule has 1 saturated heterocycles. The fraction of sp³-hybridized carbons (Fsp3) is 0.419. The van der Waals surface area contributed by atoms with Crippen molar-refractivity contribution in [3.05, 3.63) is 75.6 Å². The van der Waals surface area contributed by atoms with Gasteiger partial charge in [-0.2, -0.15) is 8.78 Å². The number of carbonyl (C=O) groups excluding carboxylic acids is 2. The molecular formula is C31H34F2N6O5S. The van der Waals surface area contributed by atoms with Crippen LogP contribution in [-0.2, 0) is 16.8 Å². The maximum atomic E-state index is 13.8. The quantitative estimate of drug-likeness (QED) is 0.219. The van der Waals surface area contributed by atoms with Gasteiger partial charge in [-0.05, 0) is 59.1 Å². The molecule has 1 aromatic carbocycles. The zero-order valence-corrected chi connectivity index (χ0v) is 26.4. The molecule has 1 aliphatic heterocycles. The number of carbonyl (C=O) groups is 2. The molecule has 238 valence electrons. The van der Waals surface area contributed by atoms with Crippen LogP contribution in [-0.4, -0.2) is 55.8 Å². The number of alkyl halides is 2. The van der Waals surface area contributed by atoms with E-state index < -0.39 is 35.6 Å². The molecule has 2 amide bonds. The van der Waals surface area contributed by atoms with Gasteiger partial charge in [-0.15, -0.1) is 21.5 Å². The van der Waals surface area contributed by atoms with E-state index in [1.807, 2.05) is 63.4 Å². The molecule has 4 aromatic rings. The van der Waals surface area contributed by atoms with Crippen molar-refractivity contribution < 1.29 is 32.3 Å². The molecule has 1 aliphatic rings. The Labute approximate surface area is 263 Å². The molecule has 0 aliphatic carbocycles. The van der Waals surface area contributed by atoms with Gasteiger partial charge in [0.05, 0.1) is 6.04 Å². The zero-order valence-electron chi connectivity index (χ0n) is 25.5. The predicted octanol–water partition coefficient (Wildman–Crippen LogP) is 6.46. The highest BCUT2D eigenvalue weighted by Gasteiger charge is 2.39. The lowest BCUT2D eigenvalue weighted by atomic mass is 9.96. The predicted molar refractivity (Wildman–Crippen MR) is 161 cm³/mol. The van der Waals surface area contributed by atoms with Crippen molar-refractivity contribution in [3.63, 3.8) is 0 Å². The third-order valence-corrected chi connectivity index (χ3v) is 8.03. The van der Waals surface area contributed by atoms with E-state index in [4.69, 9.17) is 9.15 Å². The normalized spacial score (nSPS) is 16.4. The molecule has 5 rings (SSSR count). The lowest BCUT2D eigenvalue weighted by Gasteiger charge is -2.29. The van der Waals surface area contributed by atoms with E-state index in [1.165, 1.54) is 17.4 Å². The summed E-state index contributed by atoms with van der Waals surface area (Å²) in [5.74, 6) is -1.12. The molecule has 1 N–H and O–H groups in total. The number of hydrogen-bond donors (Lipinski definition) is 1. The first-order chi connectivity index (χ1) is 21.3. The molecule has 11 nitrogen and oxygen atoms in total. The summed E-state index contributed by atoms with van der Waals surface area (Å²) in [4.78, 5) is 37.0. The Morgan fingerprint density at radius 1 is 1.13 bits per heavy atom. The topological polar surface area (TPSA) is 133 Å². The van der Waals surface area contributed by atoms with Crippen LogP contribution in [0.4, 0.5) is 13.6 Å². The van der Waals surface area contributed by atoms with Gasteiger partial charge in [0.2, 0.25) is 5.88 Å².